The van der Waals surface area contributed by atoms with Crippen LogP contribution in [0.5, 0.6) is 5.75 Å². The van der Waals surface area contributed by atoms with Gasteiger partial charge in [-0.25, -0.2) is 4.79 Å². The number of allylic oxidation sites excluding steroid dienone is 1. The number of hydrogen-bond donors (Lipinski definition) is 0. The number of nitrogens with zero attached hydrogens (tertiary/aromatic N) is 1. The number of nitriles is 1. The van der Waals surface area contributed by atoms with E-state index < -0.39 is 5.97 Å². The zero-order valence-electron chi connectivity index (χ0n) is 17.1. The molecule has 0 bridgehead atoms. The van der Waals surface area contributed by atoms with Crippen molar-refractivity contribution in [3.8, 4) is 11.8 Å². The fraction of sp³-hybridized carbons (Fsp3) is 0.154. The Labute approximate surface area is 182 Å². The van der Waals surface area contributed by atoms with Crippen molar-refractivity contribution in [1.29, 1.82) is 5.26 Å². The molecule has 3 nitrogen and oxygen atoms in total. The molecule has 3 rings (SSSR count). The summed E-state index contributed by atoms with van der Waals surface area (Å²) in [7, 11) is 0. The standard InChI is InChI=1S/C26H22ClNO2/c1-26(2,3)22-11-9-19(10-12-22)25(29)30-24-13-7-18(8-14-24)15-21(17-28)20-5-4-6-23(27)16-20/h4-16H,1-3H3/b21-15-. The number of carbonyl (C=O) groups is 1. The lowest BCUT2D eigenvalue weighted by atomic mass is 9.87. The van der Waals surface area contributed by atoms with Crippen LogP contribution in [0.3, 0.4) is 0 Å². The first-order valence-electron chi connectivity index (χ1n) is 9.57. The molecule has 3 aromatic carbocycles. The van der Waals surface area contributed by atoms with Gasteiger partial charge in [0, 0.05) is 5.02 Å². The average molecular weight is 416 g/mol. The quantitative estimate of drug-likeness (QED) is 0.201. The van der Waals surface area contributed by atoms with E-state index in [0.717, 1.165) is 16.7 Å². The molecule has 150 valence electrons. The summed E-state index contributed by atoms with van der Waals surface area (Å²) in [6.07, 6.45) is 1.77. The van der Waals surface area contributed by atoms with Gasteiger partial charge in [-0.15, -0.1) is 0 Å². The Kier molecular flexibility index (Phi) is 6.40. The van der Waals surface area contributed by atoms with Crippen LogP contribution in [-0.4, -0.2) is 5.97 Å². The van der Waals surface area contributed by atoms with Crippen LogP contribution in [0.25, 0.3) is 11.6 Å². The number of benzene rings is 3. The molecule has 0 amide bonds. The van der Waals surface area contributed by atoms with Crippen LogP contribution in [0.1, 0.15) is 47.8 Å². The highest BCUT2D eigenvalue weighted by atomic mass is 35.5. The lowest BCUT2D eigenvalue weighted by molar-refractivity contribution is 0.0734. The van der Waals surface area contributed by atoms with Gasteiger partial charge in [0.05, 0.1) is 17.2 Å². The molecule has 4 heteroatoms. The molecule has 0 saturated heterocycles. The molecule has 0 aliphatic heterocycles. The van der Waals surface area contributed by atoms with E-state index in [2.05, 4.69) is 26.8 Å². The molecule has 0 aliphatic rings. The smallest absolute Gasteiger partial charge is 0.343 e. The largest absolute Gasteiger partial charge is 0.423 e. The summed E-state index contributed by atoms with van der Waals surface area (Å²) in [6.45, 7) is 6.38. The van der Waals surface area contributed by atoms with Crippen molar-refractivity contribution < 1.29 is 9.53 Å². The van der Waals surface area contributed by atoms with E-state index in [9.17, 15) is 10.1 Å². The lowest BCUT2D eigenvalue weighted by Crippen LogP contribution is -2.12. The SMILES string of the molecule is CC(C)(C)c1ccc(C(=O)Oc2ccc(/C=C(/C#N)c3cccc(Cl)c3)cc2)cc1. The second kappa shape index (κ2) is 8.98. The second-order valence-corrected chi connectivity index (χ2v) is 8.40. The Balaban J connectivity index is 1.72. The number of esters is 1. The fourth-order valence-electron chi connectivity index (χ4n) is 2.91. The van der Waals surface area contributed by atoms with Crippen molar-refractivity contribution in [3.05, 3.63) is 100 Å². The predicted octanol–water partition coefficient (Wildman–Crippen LogP) is 6.92. The minimum atomic E-state index is -0.407. The molecule has 0 fully saturated rings. The van der Waals surface area contributed by atoms with Gasteiger partial charge in [-0.3, -0.25) is 0 Å². The Bertz CT molecular complexity index is 1120. The summed E-state index contributed by atoms with van der Waals surface area (Å²) < 4.78 is 5.47. The molecule has 0 aliphatic carbocycles. The maximum atomic E-state index is 12.4. The van der Waals surface area contributed by atoms with E-state index in [0.29, 0.717) is 21.9 Å². The summed E-state index contributed by atoms with van der Waals surface area (Å²) in [4.78, 5) is 12.4. The molecular weight excluding hydrogens is 394 g/mol. The highest BCUT2D eigenvalue weighted by Gasteiger charge is 2.15. The van der Waals surface area contributed by atoms with E-state index in [1.54, 1.807) is 60.7 Å². The maximum absolute atomic E-state index is 12.4. The Hall–Kier alpha value is -3.35. The molecule has 0 heterocycles. The van der Waals surface area contributed by atoms with Gasteiger partial charge >= 0.3 is 5.97 Å². The predicted molar refractivity (Wildman–Crippen MR) is 121 cm³/mol. The van der Waals surface area contributed by atoms with Crippen LogP contribution < -0.4 is 4.74 Å². The van der Waals surface area contributed by atoms with Crippen LogP contribution >= 0.6 is 11.6 Å². The Morgan fingerprint density at radius 1 is 0.967 bits per heavy atom. The zero-order chi connectivity index (χ0) is 21.7. The fourth-order valence-corrected chi connectivity index (χ4v) is 3.10. The first kappa shape index (κ1) is 21.4. The number of hydrogen-bond acceptors (Lipinski definition) is 3. The van der Waals surface area contributed by atoms with Crippen molar-refractivity contribution in [2.24, 2.45) is 0 Å². The lowest BCUT2D eigenvalue weighted by Gasteiger charge is -2.18. The normalized spacial score (nSPS) is 11.6. The van der Waals surface area contributed by atoms with Crippen molar-refractivity contribution >= 4 is 29.2 Å². The summed E-state index contributed by atoms with van der Waals surface area (Å²) >= 11 is 6.01. The molecule has 3 aromatic rings. The van der Waals surface area contributed by atoms with Crippen molar-refractivity contribution in [2.75, 3.05) is 0 Å². The molecule has 0 saturated carbocycles. The van der Waals surface area contributed by atoms with Crippen molar-refractivity contribution in [2.45, 2.75) is 26.2 Å². The second-order valence-electron chi connectivity index (χ2n) is 7.97. The van der Waals surface area contributed by atoms with Crippen LogP contribution in [-0.2, 0) is 5.41 Å². The number of ether oxygens (including phenoxy) is 1. The highest BCUT2D eigenvalue weighted by Crippen LogP contribution is 2.24. The molecule has 0 radical (unpaired) electrons. The van der Waals surface area contributed by atoms with Crippen LogP contribution in [0.2, 0.25) is 5.02 Å². The minimum absolute atomic E-state index is 0.0269. The van der Waals surface area contributed by atoms with E-state index in [-0.39, 0.29) is 5.41 Å². The van der Waals surface area contributed by atoms with Gasteiger partial charge in [0.25, 0.3) is 0 Å². The van der Waals surface area contributed by atoms with Crippen LogP contribution in [0.4, 0.5) is 0 Å². The van der Waals surface area contributed by atoms with Crippen LogP contribution in [0.15, 0.2) is 72.8 Å². The summed E-state index contributed by atoms with van der Waals surface area (Å²) in [6, 6.07) is 23.8. The third kappa shape index (κ3) is 5.37. The van der Waals surface area contributed by atoms with Gasteiger partial charge in [0.2, 0.25) is 0 Å². The van der Waals surface area contributed by atoms with Gasteiger partial charge in [0.1, 0.15) is 5.75 Å². The summed E-state index contributed by atoms with van der Waals surface area (Å²) in [5.41, 5.74) is 3.75. The monoisotopic (exact) mass is 415 g/mol. The van der Waals surface area contributed by atoms with Gasteiger partial charge in [-0.1, -0.05) is 68.8 Å². The first-order chi connectivity index (χ1) is 14.3. The minimum Gasteiger partial charge on any atom is -0.423 e. The Morgan fingerprint density at radius 3 is 2.20 bits per heavy atom. The molecule has 0 unspecified atom stereocenters. The zero-order valence-corrected chi connectivity index (χ0v) is 17.9. The first-order valence-corrected chi connectivity index (χ1v) is 9.94. The van der Waals surface area contributed by atoms with Crippen molar-refractivity contribution in [1.82, 2.24) is 0 Å². The number of halogens is 1. The van der Waals surface area contributed by atoms with Gasteiger partial charge < -0.3 is 4.74 Å². The Morgan fingerprint density at radius 2 is 1.63 bits per heavy atom. The molecular formula is C26H22ClNO2. The van der Waals surface area contributed by atoms with Gasteiger partial charge in [-0.2, -0.15) is 5.26 Å². The third-order valence-corrected chi connectivity index (χ3v) is 4.88. The van der Waals surface area contributed by atoms with E-state index in [4.69, 9.17) is 16.3 Å². The topological polar surface area (TPSA) is 50.1 Å². The maximum Gasteiger partial charge on any atom is 0.343 e. The molecule has 0 N–H and O–H groups in total. The summed E-state index contributed by atoms with van der Waals surface area (Å²) in [5.74, 6) is 0.0358. The van der Waals surface area contributed by atoms with Gasteiger partial charge in [0.15, 0.2) is 0 Å². The average Bonchev–Trinajstić information content (AvgIpc) is 2.72. The third-order valence-electron chi connectivity index (χ3n) is 4.64. The van der Waals surface area contributed by atoms with Crippen LogP contribution in [0, 0.1) is 11.3 Å². The van der Waals surface area contributed by atoms with Crippen molar-refractivity contribution in [3.63, 3.8) is 0 Å². The number of rotatable bonds is 4. The van der Waals surface area contributed by atoms with Gasteiger partial charge in [-0.05, 0) is 64.6 Å². The van der Waals surface area contributed by atoms with E-state index >= 15 is 0 Å². The molecule has 0 spiro atoms. The number of carbonyl (C=O) groups excluding carboxylic acids is 1. The highest BCUT2D eigenvalue weighted by molar-refractivity contribution is 6.30. The summed E-state index contributed by atoms with van der Waals surface area (Å²) in [5, 5.41) is 10.0. The van der Waals surface area contributed by atoms with E-state index in [1.807, 2.05) is 18.2 Å². The van der Waals surface area contributed by atoms with E-state index in [1.165, 1.54) is 0 Å². The molecule has 0 aromatic heterocycles. The molecule has 30 heavy (non-hydrogen) atoms. The molecule has 0 atom stereocenters.